The number of anilines is 3. The monoisotopic (exact) mass is 395 g/mol. The summed E-state index contributed by atoms with van der Waals surface area (Å²) in [6.07, 6.45) is 2.17. The minimum absolute atomic E-state index is 0.0859. The minimum atomic E-state index is -3.68. The van der Waals surface area contributed by atoms with Crippen LogP contribution in [-0.4, -0.2) is 30.1 Å². The van der Waals surface area contributed by atoms with Gasteiger partial charge in [-0.15, -0.1) is 5.10 Å². The lowest BCUT2D eigenvalue weighted by Crippen LogP contribution is -2.12. The van der Waals surface area contributed by atoms with Gasteiger partial charge in [0.05, 0.1) is 22.7 Å². The third kappa shape index (κ3) is 5.23. The van der Waals surface area contributed by atoms with E-state index in [9.17, 15) is 8.42 Å². The maximum absolute atomic E-state index is 11.3. The van der Waals surface area contributed by atoms with Gasteiger partial charge in [-0.25, -0.2) is 13.6 Å². The molecule has 10 heteroatoms. The van der Waals surface area contributed by atoms with E-state index in [0.29, 0.717) is 30.3 Å². The fraction of sp³-hybridized carbons (Fsp3) is 0.111. The SMILES string of the molecule is N#Cc1ccc(Nc2nncc(NCCc3ccc(S(N)(=O)=O)cc3)n2)cc1. The molecular formula is C18H17N7O2S. The molecule has 2 aromatic carbocycles. The van der Waals surface area contributed by atoms with E-state index in [1.54, 1.807) is 36.4 Å². The van der Waals surface area contributed by atoms with Gasteiger partial charge in [0.25, 0.3) is 0 Å². The van der Waals surface area contributed by atoms with E-state index in [1.807, 2.05) is 0 Å². The highest BCUT2D eigenvalue weighted by Gasteiger charge is 2.07. The number of sulfonamides is 1. The number of benzene rings is 2. The molecule has 0 atom stereocenters. The third-order valence-electron chi connectivity index (χ3n) is 3.80. The predicted molar refractivity (Wildman–Crippen MR) is 104 cm³/mol. The van der Waals surface area contributed by atoms with Gasteiger partial charge < -0.3 is 10.6 Å². The normalized spacial score (nSPS) is 10.9. The van der Waals surface area contributed by atoms with E-state index in [-0.39, 0.29) is 4.90 Å². The van der Waals surface area contributed by atoms with Crippen molar-refractivity contribution < 1.29 is 8.42 Å². The first kappa shape index (κ1) is 19.2. The van der Waals surface area contributed by atoms with Crippen molar-refractivity contribution in [3.05, 3.63) is 65.9 Å². The lowest BCUT2D eigenvalue weighted by Gasteiger charge is -2.08. The van der Waals surface area contributed by atoms with Crippen molar-refractivity contribution in [2.45, 2.75) is 11.3 Å². The van der Waals surface area contributed by atoms with E-state index in [0.717, 1.165) is 11.3 Å². The number of nitrogens with two attached hydrogens (primary N) is 1. The second-order valence-corrected chi connectivity index (χ2v) is 7.41. The molecule has 0 spiro atoms. The summed E-state index contributed by atoms with van der Waals surface area (Å²) in [5.41, 5.74) is 2.27. The zero-order valence-electron chi connectivity index (χ0n) is 14.7. The predicted octanol–water partition coefficient (Wildman–Crippen LogP) is 1.79. The zero-order chi connectivity index (χ0) is 20.0. The van der Waals surface area contributed by atoms with Crippen LogP contribution in [0.25, 0.3) is 0 Å². The average Bonchev–Trinajstić information content (AvgIpc) is 2.69. The van der Waals surface area contributed by atoms with E-state index in [1.165, 1.54) is 18.3 Å². The summed E-state index contributed by atoms with van der Waals surface area (Å²) in [5.74, 6) is 0.875. The second kappa shape index (κ2) is 8.43. The Bertz CT molecular complexity index is 1090. The van der Waals surface area contributed by atoms with Gasteiger partial charge in [-0.2, -0.15) is 15.3 Å². The highest BCUT2D eigenvalue weighted by atomic mass is 32.2. The number of nitrogens with zero attached hydrogens (tertiary/aromatic N) is 4. The van der Waals surface area contributed by atoms with Crippen LogP contribution in [0.15, 0.2) is 59.6 Å². The Kier molecular flexibility index (Phi) is 5.78. The maximum atomic E-state index is 11.3. The quantitative estimate of drug-likeness (QED) is 0.548. The number of rotatable bonds is 7. The summed E-state index contributed by atoms with van der Waals surface area (Å²) < 4.78 is 22.5. The van der Waals surface area contributed by atoms with Crippen LogP contribution in [0, 0.1) is 11.3 Å². The van der Waals surface area contributed by atoms with Crippen molar-refractivity contribution in [3.8, 4) is 6.07 Å². The third-order valence-corrected chi connectivity index (χ3v) is 4.73. The van der Waals surface area contributed by atoms with E-state index in [4.69, 9.17) is 10.4 Å². The van der Waals surface area contributed by atoms with E-state index >= 15 is 0 Å². The molecule has 0 aliphatic carbocycles. The number of hydrogen-bond acceptors (Lipinski definition) is 8. The Labute approximate surface area is 162 Å². The van der Waals surface area contributed by atoms with Gasteiger partial charge in [-0.05, 0) is 48.4 Å². The minimum Gasteiger partial charge on any atom is -0.368 e. The molecule has 0 amide bonds. The van der Waals surface area contributed by atoms with Crippen molar-refractivity contribution >= 4 is 27.5 Å². The molecule has 142 valence electrons. The Hall–Kier alpha value is -3.55. The van der Waals surface area contributed by atoms with Crippen LogP contribution in [0.1, 0.15) is 11.1 Å². The maximum Gasteiger partial charge on any atom is 0.249 e. The molecule has 0 aliphatic rings. The van der Waals surface area contributed by atoms with Crippen LogP contribution in [-0.2, 0) is 16.4 Å². The first-order valence-electron chi connectivity index (χ1n) is 8.26. The molecule has 0 saturated heterocycles. The molecule has 0 bridgehead atoms. The molecule has 9 nitrogen and oxygen atoms in total. The molecule has 0 unspecified atom stereocenters. The van der Waals surface area contributed by atoms with Gasteiger partial charge in [0.2, 0.25) is 16.0 Å². The van der Waals surface area contributed by atoms with Crippen LogP contribution in [0.3, 0.4) is 0 Å². The number of nitrogens with one attached hydrogen (secondary N) is 2. The Morgan fingerprint density at radius 3 is 2.43 bits per heavy atom. The summed E-state index contributed by atoms with van der Waals surface area (Å²) in [6.45, 7) is 0.573. The smallest absolute Gasteiger partial charge is 0.249 e. The van der Waals surface area contributed by atoms with Crippen LogP contribution in [0.4, 0.5) is 17.5 Å². The fourth-order valence-electron chi connectivity index (χ4n) is 2.38. The molecule has 0 radical (unpaired) electrons. The van der Waals surface area contributed by atoms with Gasteiger partial charge in [0, 0.05) is 12.2 Å². The summed E-state index contributed by atoms with van der Waals surface area (Å²) in [6, 6.07) is 15.4. The highest BCUT2D eigenvalue weighted by molar-refractivity contribution is 7.89. The number of hydrogen-bond donors (Lipinski definition) is 3. The standard InChI is InChI=1S/C18H17N7O2S/c19-11-14-1-5-15(6-2-14)23-18-24-17(12-22-25-18)21-10-9-13-3-7-16(8-4-13)28(20,26)27/h1-8,12H,9-10H2,(H2,20,26,27)(H2,21,23,24,25). The molecule has 4 N–H and O–H groups in total. The average molecular weight is 395 g/mol. The number of aromatic nitrogens is 3. The lowest BCUT2D eigenvalue weighted by molar-refractivity contribution is 0.598. The highest BCUT2D eigenvalue weighted by Crippen LogP contribution is 2.14. The van der Waals surface area contributed by atoms with Crippen molar-refractivity contribution in [1.82, 2.24) is 15.2 Å². The molecule has 3 aromatic rings. The Morgan fingerprint density at radius 2 is 1.79 bits per heavy atom. The number of primary sulfonamides is 1. The molecule has 0 saturated carbocycles. The van der Waals surface area contributed by atoms with Crippen molar-refractivity contribution in [2.24, 2.45) is 5.14 Å². The summed E-state index contributed by atoms with van der Waals surface area (Å²) >= 11 is 0. The lowest BCUT2D eigenvalue weighted by atomic mass is 10.1. The van der Waals surface area contributed by atoms with Gasteiger partial charge in [0.15, 0.2) is 5.82 Å². The fourth-order valence-corrected chi connectivity index (χ4v) is 2.90. The molecule has 3 rings (SSSR count). The Morgan fingerprint density at radius 1 is 1.07 bits per heavy atom. The molecule has 1 aromatic heterocycles. The molecule has 0 aliphatic heterocycles. The summed E-state index contributed by atoms with van der Waals surface area (Å²) in [5, 5.41) is 27.9. The van der Waals surface area contributed by atoms with Crippen LogP contribution < -0.4 is 15.8 Å². The van der Waals surface area contributed by atoms with Crippen molar-refractivity contribution in [1.29, 1.82) is 5.26 Å². The van der Waals surface area contributed by atoms with Crippen LogP contribution >= 0.6 is 0 Å². The Balaban J connectivity index is 1.56. The topological polar surface area (TPSA) is 147 Å². The number of nitriles is 1. The molecule has 1 heterocycles. The zero-order valence-corrected chi connectivity index (χ0v) is 15.5. The van der Waals surface area contributed by atoms with Gasteiger partial charge in [-0.1, -0.05) is 12.1 Å². The first-order chi connectivity index (χ1) is 13.4. The van der Waals surface area contributed by atoms with Gasteiger partial charge in [0.1, 0.15) is 0 Å². The van der Waals surface area contributed by atoms with Crippen LogP contribution in [0.5, 0.6) is 0 Å². The first-order valence-corrected chi connectivity index (χ1v) is 9.81. The second-order valence-electron chi connectivity index (χ2n) is 5.85. The van der Waals surface area contributed by atoms with Gasteiger partial charge in [-0.3, -0.25) is 0 Å². The van der Waals surface area contributed by atoms with Crippen LogP contribution in [0.2, 0.25) is 0 Å². The summed E-state index contributed by atoms with van der Waals surface area (Å²) in [4.78, 5) is 4.42. The molecule has 0 fully saturated rings. The largest absolute Gasteiger partial charge is 0.368 e. The van der Waals surface area contributed by atoms with Crippen molar-refractivity contribution in [2.75, 3.05) is 17.2 Å². The van der Waals surface area contributed by atoms with E-state index in [2.05, 4.69) is 31.9 Å². The van der Waals surface area contributed by atoms with Crippen molar-refractivity contribution in [3.63, 3.8) is 0 Å². The molecule has 28 heavy (non-hydrogen) atoms. The van der Waals surface area contributed by atoms with Gasteiger partial charge >= 0.3 is 0 Å². The summed E-state index contributed by atoms with van der Waals surface area (Å²) in [7, 11) is -3.68. The molecular weight excluding hydrogens is 378 g/mol. The van der Waals surface area contributed by atoms with E-state index < -0.39 is 10.0 Å².